The number of fused-ring (bicyclic) bond motifs is 1. The quantitative estimate of drug-likeness (QED) is 0.155. The van der Waals surface area contributed by atoms with Crippen LogP contribution in [0.15, 0.2) is 53.6 Å². The molecule has 1 saturated carbocycles. The van der Waals surface area contributed by atoms with Gasteiger partial charge in [0.05, 0.1) is 23.8 Å². The van der Waals surface area contributed by atoms with Crippen LogP contribution in [0.1, 0.15) is 42.9 Å². The Balaban J connectivity index is 1.46. The summed E-state index contributed by atoms with van der Waals surface area (Å²) in [5, 5.41) is 9.32. The summed E-state index contributed by atoms with van der Waals surface area (Å²) in [6.07, 6.45) is 3.89. The van der Waals surface area contributed by atoms with Crippen LogP contribution in [-0.2, 0) is 36.1 Å². The molecule has 0 aliphatic heterocycles. The van der Waals surface area contributed by atoms with Gasteiger partial charge in [-0.1, -0.05) is 24.0 Å². The van der Waals surface area contributed by atoms with Crippen LogP contribution in [-0.4, -0.2) is 78.2 Å². The fourth-order valence-electron chi connectivity index (χ4n) is 4.56. The highest BCUT2D eigenvalue weighted by molar-refractivity contribution is 7.92. The summed E-state index contributed by atoms with van der Waals surface area (Å²) >= 11 is 0. The average molecular weight is 595 g/mol. The first-order valence-corrected chi connectivity index (χ1v) is 15.2. The van der Waals surface area contributed by atoms with Crippen LogP contribution in [0.25, 0.3) is 10.9 Å². The number of likely N-dealkylation sites (N-methyl/N-ethyl adjacent to an activating group) is 1. The van der Waals surface area contributed by atoms with Crippen molar-refractivity contribution in [2.24, 2.45) is 0 Å². The number of carbonyl (C=O) groups excluding carboxylic acids is 2. The molecule has 12 heteroatoms. The lowest BCUT2D eigenvalue weighted by molar-refractivity contribution is -0.145. The Hall–Kier alpha value is -4.05. The van der Waals surface area contributed by atoms with E-state index in [4.69, 9.17) is 9.94 Å². The number of rotatable bonds is 10. The van der Waals surface area contributed by atoms with Crippen molar-refractivity contribution < 1.29 is 28.0 Å². The van der Waals surface area contributed by atoms with Crippen molar-refractivity contribution in [2.45, 2.75) is 42.9 Å². The van der Waals surface area contributed by atoms with Crippen molar-refractivity contribution in [1.29, 1.82) is 0 Å². The van der Waals surface area contributed by atoms with E-state index >= 15 is 0 Å². The summed E-state index contributed by atoms with van der Waals surface area (Å²) in [6, 6.07) is 12.9. The van der Waals surface area contributed by atoms with Gasteiger partial charge in [-0.2, -0.15) is 0 Å². The van der Waals surface area contributed by atoms with Gasteiger partial charge in [0.15, 0.2) is 14.6 Å². The number of amides is 1. The summed E-state index contributed by atoms with van der Waals surface area (Å²) < 4.78 is 29.2. The Bertz CT molecular complexity index is 1730. The molecular formula is C30H34N4O7S. The summed E-state index contributed by atoms with van der Waals surface area (Å²) in [7, 11) is -0.247. The van der Waals surface area contributed by atoms with E-state index in [1.165, 1.54) is 23.3 Å². The molecule has 0 unspecified atom stereocenters. The molecule has 4 rings (SSSR count). The minimum Gasteiger partial charge on any atom is -0.464 e. The van der Waals surface area contributed by atoms with Gasteiger partial charge in [-0.3, -0.25) is 29.1 Å². The van der Waals surface area contributed by atoms with E-state index in [1.54, 1.807) is 23.1 Å². The Labute approximate surface area is 244 Å². The number of benzene rings is 2. The number of hydrogen-bond donors (Lipinski definition) is 2. The second-order valence-electron chi connectivity index (χ2n) is 11.2. The predicted molar refractivity (Wildman–Crippen MR) is 157 cm³/mol. The van der Waals surface area contributed by atoms with E-state index in [9.17, 15) is 22.8 Å². The molecule has 3 aromatic rings. The van der Waals surface area contributed by atoms with Crippen molar-refractivity contribution in [3.05, 3.63) is 75.8 Å². The maximum atomic E-state index is 13.0. The number of esters is 1. The van der Waals surface area contributed by atoms with E-state index in [-0.39, 0.29) is 30.9 Å². The fraction of sp³-hybridized carbons (Fsp3) is 0.400. The Morgan fingerprint density at radius 2 is 1.79 bits per heavy atom. The van der Waals surface area contributed by atoms with Gasteiger partial charge in [0.2, 0.25) is 0 Å². The fourth-order valence-corrected chi connectivity index (χ4v) is 5.40. The lowest BCUT2D eigenvalue weighted by atomic mass is 9.96. The van der Waals surface area contributed by atoms with Crippen LogP contribution in [0.5, 0.6) is 0 Å². The number of sulfone groups is 1. The summed E-state index contributed by atoms with van der Waals surface area (Å²) in [5.74, 6) is 4.91. The van der Waals surface area contributed by atoms with Crippen LogP contribution in [0.2, 0.25) is 0 Å². The second-order valence-corrected chi connectivity index (χ2v) is 13.6. The monoisotopic (exact) mass is 594 g/mol. The molecule has 0 radical (unpaired) electrons. The summed E-state index contributed by atoms with van der Waals surface area (Å²) in [6.45, 7) is 1.71. The SMILES string of the molecule is CN(C)CC(=O)OCC1(c2ccc(C#Cc3ccc4c(=O)n(CC[C@](C)(C(=O)NO)S(C)(=O)=O)cnc4c3)cc2)CC1. The van der Waals surface area contributed by atoms with Gasteiger partial charge >= 0.3 is 5.97 Å². The molecule has 2 N–H and O–H groups in total. The lowest BCUT2D eigenvalue weighted by Crippen LogP contribution is -2.50. The smallest absolute Gasteiger partial charge is 0.320 e. The first-order valence-electron chi connectivity index (χ1n) is 13.3. The third-order valence-electron chi connectivity index (χ3n) is 7.71. The number of nitrogens with one attached hydrogen (secondary N) is 1. The minimum atomic E-state index is -3.89. The molecule has 1 fully saturated rings. The number of aryl methyl sites for hydroxylation is 1. The molecule has 0 spiro atoms. The highest BCUT2D eigenvalue weighted by Crippen LogP contribution is 2.48. The van der Waals surface area contributed by atoms with Crippen molar-refractivity contribution >= 4 is 32.6 Å². The topological polar surface area (TPSA) is 148 Å². The first kappa shape index (κ1) is 30.9. The number of carbonyl (C=O) groups is 2. The first-order chi connectivity index (χ1) is 19.8. The Morgan fingerprint density at radius 3 is 2.38 bits per heavy atom. The molecule has 1 aliphatic carbocycles. The van der Waals surface area contributed by atoms with Crippen LogP contribution < -0.4 is 11.0 Å². The molecular weight excluding hydrogens is 560 g/mol. The standard InChI is InChI=1S/C30H34N4O7S/c1-29(28(37)32-38,42(4,39)40)15-16-34-20-31-25-17-22(9-12-24(25)27(34)36)6-5-21-7-10-23(11-8-21)30(13-14-30)19-41-26(35)18-33(2)3/h7-12,17,20,38H,13-16,18-19H2,1-4H3,(H,32,37)/t29-/m1/s1. The normalized spacial score (nSPS) is 15.4. The zero-order valence-electron chi connectivity index (χ0n) is 24.0. The van der Waals surface area contributed by atoms with E-state index in [1.807, 2.05) is 38.4 Å². The van der Waals surface area contributed by atoms with E-state index < -0.39 is 26.1 Å². The molecule has 1 amide bonds. The predicted octanol–water partition coefficient (Wildman–Crippen LogP) is 1.63. The molecule has 1 atom stereocenters. The van der Waals surface area contributed by atoms with Gasteiger partial charge in [-0.05, 0) is 76.2 Å². The van der Waals surface area contributed by atoms with Crippen molar-refractivity contribution in [1.82, 2.24) is 19.9 Å². The van der Waals surface area contributed by atoms with Crippen LogP contribution in [0.4, 0.5) is 0 Å². The van der Waals surface area contributed by atoms with Gasteiger partial charge < -0.3 is 4.74 Å². The molecule has 222 valence electrons. The van der Waals surface area contributed by atoms with Crippen molar-refractivity contribution in [2.75, 3.05) is 33.5 Å². The number of hydroxylamine groups is 1. The zero-order valence-corrected chi connectivity index (χ0v) is 24.8. The number of nitrogens with zero attached hydrogens (tertiary/aromatic N) is 3. The molecule has 2 aromatic carbocycles. The van der Waals surface area contributed by atoms with Gasteiger partial charge in [0, 0.05) is 29.3 Å². The number of ether oxygens (including phenoxy) is 1. The zero-order chi connectivity index (χ0) is 30.7. The average Bonchev–Trinajstić information content (AvgIpc) is 3.74. The Morgan fingerprint density at radius 1 is 1.14 bits per heavy atom. The number of aromatic nitrogens is 2. The van der Waals surface area contributed by atoms with Gasteiger partial charge in [-0.25, -0.2) is 18.9 Å². The molecule has 0 bridgehead atoms. The van der Waals surface area contributed by atoms with E-state index in [2.05, 4.69) is 16.8 Å². The molecule has 1 aliphatic rings. The maximum absolute atomic E-state index is 13.0. The van der Waals surface area contributed by atoms with Gasteiger partial charge in [0.25, 0.3) is 11.5 Å². The van der Waals surface area contributed by atoms with Gasteiger partial charge in [0.1, 0.15) is 6.61 Å². The Kier molecular flexibility index (Phi) is 8.87. The molecule has 0 saturated heterocycles. The molecule has 1 heterocycles. The summed E-state index contributed by atoms with van der Waals surface area (Å²) in [5.41, 5.74) is 3.89. The van der Waals surface area contributed by atoms with E-state index in [0.29, 0.717) is 23.1 Å². The van der Waals surface area contributed by atoms with Gasteiger partial charge in [-0.15, -0.1) is 0 Å². The van der Waals surface area contributed by atoms with E-state index in [0.717, 1.165) is 30.2 Å². The van der Waals surface area contributed by atoms with Crippen LogP contribution in [0, 0.1) is 11.8 Å². The third kappa shape index (κ3) is 6.70. The minimum absolute atomic E-state index is 0.101. The molecule has 1 aromatic heterocycles. The molecule has 11 nitrogen and oxygen atoms in total. The second kappa shape index (κ2) is 12.1. The van der Waals surface area contributed by atoms with Crippen molar-refractivity contribution in [3.8, 4) is 11.8 Å². The highest BCUT2D eigenvalue weighted by Gasteiger charge is 2.45. The van der Waals surface area contributed by atoms with Crippen LogP contribution in [0.3, 0.4) is 0 Å². The highest BCUT2D eigenvalue weighted by atomic mass is 32.2. The van der Waals surface area contributed by atoms with Crippen LogP contribution >= 0.6 is 0 Å². The lowest BCUT2D eigenvalue weighted by Gasteiger charge is -2.25. The largest absolute Gasteiger partial charge is 0.464 e. The maximum Gasteiger partial charge on any atom is 0.320 e. The summed E-state index contributed by atoms with van der Waals surface area (Å²) in [4.78, 5) is 43.1. The molecule has 42 heavy (non-hydrogen) atoms. The van der Waals surface area contributed by atoms with Crippen molar-refractivity contribution in [3.63, 3.8) is 0 Å². The number of hydrogen-bond acceptors (Lipinski definition) is 9. The third-order valence-corrected chi connectivity index (χ3v) is 9.74.